The van der Waals surface area contributed by atoms with Crippen molar-refractivity contribution in [2.24, 2.45) is 5.92 Å². The van der Waals surface area contributed by atoms with Crippen LogP contribution in [0.25, 0.3) is 0 Å². The standard InChI is InChI=1S/C20H18Cl2N4O3/c21-15-4-3-13(17(22)9-15)11-26-18(5-6-23-26)24-20(28)14-8-19(27)25(10-14)12-16-2-1-7-29-16/h1-7,9,14H,8,10-12H2,(H,24,28). The van der Waals surface area contributed by atoms with Crippen LogP contribution < -0.4 is 5.32 Å². The van der Waals surface area contributed by atoms with Gasteiger partial charge in [0.05, 0.1) is 31.5 Å². The Labute approximate surface area is 177 Å². The van der Waals surface area contributed by atoms with E-state index in [-0.39, 0.29) is 18.2 Å². The van der Waals surface area contributed by atoms with Gasteiger partial charge in [0.2, 0.25) is 11.8 Å². The van der Waals surface area contributed by atoms with Gasteiger partial charge >= 0.3 is 0 Å². The van der Waals surface area contributed by atoms with Crippen molar-refractivity contribution >= 4 is 40.8 Å². The maximum atomic E-state index is 12.7. The van der Waals surface area contributed by atoms with Crippen molar-refractivity contribution in [1.29, 1.82) is 0 Å². The first-order valence-corrected chi connectivity index (χ1v) is 9.82. The number of hydrogen-bond donors (Lipinski definition) is 1. The van der Waals surface area contributed by atoms with E-state index in [1.807, 2.05) is 6.07 Å². The van der Waals surface area contributed by atoms with E-state index in [1.165, 1.54) is 0 Å². The van der Waals surface area contributed by atoms with Gasteiger partial charge in [0, 0.05) is 29.1 Å². The van der Waals surface area contributed by atoms with Crippen LogP contribution in [0.15, 0.2) is 53.3 Å². The van der Waals surface area contributed by atoms with Gasteiger partial charge in [-0.15, -0.1) is 0 Å². The summed E-state index contributed by atoms with van der Waals surface area (Å²) >= 11 is 12.2. The molecule has 1 unspecified atom stereocenters. The van der Waals surface area contributed by atoms with Gasteiger partial charge in [0.25, 0.3) is 0 Å². The third-order valence-electron chi connectivity index (χ3n) is 4.82. The molecule has 9 heteroatoms. The number of aromatic nitrogens is 2. The summed E-state index contributed by atoms with van der Waals surface area (Å²) in [6.07, 6.45) is 3.33. The third-order valence-corrected chi connectivity index (χ3v) is 5.40. The number of amides is 2. The average Bonchev–Trinajstić information content (AvgIpc) is 3.41. The van der Waals surface area contributed by atoms with Crippen LogP contribution in [-0.2, 0) is 22.7 Å². The van der Waals surface area contributed by atoms with E-state index in [2.05, 4.69) is 10.4 Å². The molecule has 3 heterocycles. The Hall–Kier alpha value is -2.77. The molecule has 1 N–H and O–H groups in total. The molecule has 1 aliphatic heterocycles. The van der Waals surface area contributed by atoms with Crippen molar-refractivity contribution in [2.75, 3.05) is 11.9 Å². The van der Waals surface area contributed by atoms with Crippen molar-refractivity contribution < 1.29 is 14.0 Å². The van der Waals surface area contributed by atoms with Crippen LogP contribution in [0, 0.1) is 5.92 Å². The van der Waals surface area contributed by atoms with Crippen molar-refractivity contribution in [1.82, 2.24) is 14.7 Å². The zero-order chi connectivity index (χ0) is 20.4. The number of nitrogens with one attached hydrogen (secondary N) is 1. The SMILES string of the molecule is O=C(Nc1ccnn1Cc1ccc(Cl)cc1Cl)C1CC(=O)N(Cc2ccco2)C1. The monoisotopic (exact) mass is 432 g/mol. The van der Waals surface area contributed by atoms with Gasteiger partial charge in [-0.2, -0.15) is 5.10 Å². The molecule has 3 aromatic rings. The number of anilines is 1. The topological polar surface area (TPSA) is 80.4 Å². The zero-order valence-electron chi connectivity index (χ0n) is 15.3. The first-order chi connectivity index (χ1) is 14.0. The van der Waals surface area contributed by atoms with Gasteiger partial charge in [-0.25, -0.2) is 4.68 Å². The predicted octanol–water partition coefficient (Wildman–Crippen LogP) is 3.82. The summed E-state index contributed by atoms with van der Waals surface area (Å²) in [4.78, 5) is 26.6. The summed E-state index contributed by atoms with van der Waals surface area (Å²) in [5, 5.41) is 8.21. The summed E-state index contributed by atoms with van der Waals surface area (Å²) in [7, 11) is 0. The molecule has 1 saturated heterocycles. The number of likely N-dealkylation sites (tertiary alicyclic amines) is 1. The largest absolute Gasteiger partial charge is 0.467 e. The van der Waals surface area contributed by atoms with Crippen LogP contribution in [0.5, 0.6) is 0 Å². The number of rotatable bonds is 6. The summed E-state index contributed by atoms with van der Waals surface area (Å²) in [5.74, 6) is 0.516. The molecular weight excluding hydrogens is 415 g/mol. The number of carbonyl (C=O) groups is 2. The molecule has 2 aromatic heterocycles. The van der Waals surface area contributed by atoms with E-state index in [0.717, 1.165) is 5.56 Å². The molecule has 1 fully saturated rings. The molecule has 1 atom stereocenters. The second-order valence-electron chi connectivity index (χ2n) is 6.85. The van der Waals surface area contributed by atoms with E-state index in [9.17, 15) is 9.59 Å². The molecule has 0 bridgehead atoms. The fourth-order valence-corrected chi connectivity index (χ4v) is 3.76. The smallest absolute Gasteiger partial charge is 0.230 e. The normalized spacial score (nSPS) is 16.4. The molecule has 29 heavy (non-hydrogen) atoms. The van der Waals surface area contributed by atoms with Crippen molar-refractivity contribution in [2.45, 2.75) is 19.5 Å². The summed E-state index contributed by atoms with van der Waals surface area (Å²) < 4.78 is 6.93. The summed E-state index contributed by atoms with van der Waals surface area (Å²) in [5.41, 5.74) is 0.830. The van der Waals surface area contributed by atoms with Gasteiger partial charge in [-0.1, -0.05) is 29.3 Å². The number of carbonyl (C=O) groups excluding carboxylic acids is 2. The Morgan fingerprint density at radius 2 is 2.10 bits per heavy atom. The molecule has 0 spiro atoms. The maximum Gasteiger partial charge on any atom is 0.230 e. The Balaban J connectivity index is 1.40. The van der Waals surface area contributed by atoms with E-state index in [0.29, 0.717) is 41.3 Å². The van der Waals surface area contributed by atoms with Crippen LogP contribution in [0.2, 0.25) is 10.0 Å². The average molecular weight is 433 g/mol. The molecule has 0 aliphatic carbocycles. The Kier molecular flexibility index (Phi) is 5.60. The lowest BCUT2D eigenvalue weighted by Crippen LogP contribution is -2.28. The van der Waals surface area contributed by atoms with Crippen molar-refractivity contribution in [3.8, 4) is 0 Å². The molecule has 150 valence electrons. The molecule has 1 aromatic carbocycles. The van der Waals surface area contributed by atoms with Crippen LogP contribution in [0.3, 0.4) is 0 Å². The third kappa shape index (κ3) is 4.46. The minimum atomic E-state index is -0.431. The van der Waals surface area contributed by atoms with Gasteiger partial charge in [-0.3, -0.25) is 9.59 Å². The quantitative estimate of drug-likeness (QED) is 0.641. The highest BCUT2D eigenvalue weighted by Crippen LogP contribution is 2.24. The highest BCUT2D eigenvalue weighted by molar-refractivity contribution is 6.35. The lowest BCUT2D eigenvalue weighted by molar-refractivity contribution is -0.128. The van der Waals surface area contributed by atoms with Crippen molar-refractivity contribution in [3.63, 3.8) is 0 Å². The number of halogens is 2. The molecule has 4 rings (SSSR count). The predicted molar refractivity (Wildman–Crippen MR) is 109 cm³/mol. The van der Waals surface area contributed by atoms with E-state index >= 15 is 0 Å². The van der Waals surface area contributed by atoms with Crippen LogP contribution >= 0.6 is 23.2 Å². The lowest BCUT2D eigenvalue weighted by Gasteiger charge is -2.15. The highest BCUT2D eigenvalue weighted by Gasteiger charge is 2.35. The van der Waals surface area contributed by atoms with Gasteiger partial charge in [-0.05, 0) is 29.8 Å². The molecule has 7 nitrogen and oxygen atoms in total. The Bertz CT molecular complexity index is 1030. The van der Waals surface area contributed by atoms with Crippen molar-refractivity contribution in [3.05, 3.63) is 70.2 Å². The van der Waals surface area contributed by atoms with Gasteiger partial charge in [0.1, 0.15) is 11.6 Å². The molecule has 0 saturated carbocycles. The van der Waals surface area contributed by atoms with Crippen LogP contribution in [0.1, 0.15) is 17.7 Å². The first kappa shape index (κ1) is 19.5. The molecule has 2 amide bonds. The second kappa shape index (κ2) is 8.31. The number of nitrogens with zero attached hydrogens (tertiary/aromatic N) is 3. The van der Waals surface area contributed by atoms with Gasteiger partial charge < -0.3 is 14.6 Å². The van der Waals surface area contributed by atoms with E-state index in [4.69, 9.17) is 27.6 Å². The summed E-state index contributed by atoms with van der Waals surface area (Å²) in [6, 6.07) is 10.5. The minimum absolute atomic E-state index is 0.0667. The number of benzene rings is 1. The first-order valence-electron chi connectivity index (χ1n) is 9.06. The highest BCUT2D eigenvalue weighted by atomic mass is 35.5. The fourth-order valence-electron chi connectivity index (χ4n) is 3.30. The molecule has 0 radical (unpaired) electrons. The van der Waals surface area contributed by atoms with Crippen LogP contribution in [-0.4, -0.2) is 33.0 Å². The second-order valence-corrected chi connectivity index (χ2v) is 7.70. The van der Waals surface area contributed by atoms with Crippen LogP contribution in [0.4, 0.5) is 5.82 Å². The zero-order valence-corrected chi connectivity index (χ0v) is 16.9. The number of hydrogen-bond acceptors (Lipinski definition) is 4. The molecular formula is C20H18Cl2N4O3. The number of furan rings is 1. The molecule has 1 aliphatic rings. The maximum absolute atomic E-state index is 12.7. The summed E-state index contributed by atoms with van der Waals surface area (Å²) in [6.45, 7) is 1.10. The minimum Gasteiger partial charge on any atom is -0.467 e. The Morgan fingerprint density at radius 3 is 2.86 bits per heavy atom. The lowest BCUT2D eigenvalue weighted by atomic mass is 10.1. The Morgan fingerprint density at radius 1 is 1.24 bits per heavy atom. The van der Waals surface area contributed by atoms with E-state index < -0.39 is 5.92 Å². The van der Waals surface area contributed by atoms with E-state index in [1.54, 1.807) is 52.4 Å². The fraction of sp³-hybridized carbons (Fsp3) is 0.250. The van der Waals surface area contributed by atoms with Gasteiger partial charge in [0.15, 0.2) is 0 Å².